The van der Waals surface area contributed by atoms with Crippen molar-refractivity contribution >= 4 is 46.3 Å². The molecular weight excluding hydrogens is 442 g/mol. The highest BCUT2D eigenvalue weighted by atomic mass is 32.2. The summed E-state index contributed by atoms with van der Waals surface area (Å²) in [4.78, 5) is 24.8. The average Bonchev–Trinajstić information content (AvgIpc) is 3.44. The van der Waals surface area contributed by atoms with Gasteiger partial charge in [0.05, 0.1) is 5.75 Å². The van der Waals surface area contributed by atoms with Crippen LogP contribution in [-0.2, 0) is 16.0 Å². The summed E-state index contributed by atoms with van der Waals surface area (Å²) in [6.45, 7) is 1.45. The maximum absolute atomic E-state index is 12.5. The number of benzene rings is 2. The van der Waals surface area contributed by atoms with Gasteiger partial charge in [-0.1, -0.05) is 36.0 Å². The Balaban J connectivity index is 1.45. The molecular formula is C23H21N5O2S2. The number of thioether (sulfide) groups is 1. The summed E-state index contributed by atoms with van der Waals surface area (Å²) in [6.07, 6.45) is 0.674. The zero-order valence-electron chi connectivity index (χ0n) is 17.3. The summed E-state index contributed by atoms with van der Waals surface area (Å²) in [5.41, 5.74) is 2.30. The molecule has 0 fully saturated rings. The third-order valence-corrected chi connectivity index (χ3v) is 6.25. The first kappa shape index (κ1) is 21.8. The van der Waals surface area contributed by atoms with Crippen LogP contribution >= 0.6 is 23.1 Å². The molecule has 2 heterocycles. The lowest BCUT2D eigenvalue weighted by molar-refractivity contribution is -0.114. The molecule has 162 valence electrons. The zero-order chi connectivity index (χ0) is 22.3. The van der Waals surface area contributed by atoms with Crippen LogP contribution in [0, 0.1) is 0 Å². The van der Waals surface area contributed by atoms with Crippen molar-refractivity contribution in [2.45, 2.75) is 18.5 Å². The molecule has 0 aliphatic rings. The Morgan fingerprint density at radius 1 is 0.938 bits per heavy atom. The molecule has 0 spiro atoms. The lowest BCUT2D eigenvalue weighted by atomic mass is 10.3. The van der Waals surface area contributed by atoms with Gasteiger partial charge in [-0.05, 0) is 47.8 Å². The molecule has 0 radical (unpaired) electrons. The monoisotopic (exact) mass is 463 g/mol. The number of carbonyl (C=O) groups excluding carboxylic acids is 2. The van der Waals surface area contributed by atoms with E-state index in [0.29, 0.717) is 23.0 Å². The van der Waals surface area contributed by atoms with Crippen molar-refractivity contribution in [2.75, 3.05) is 16.4 Å². The predicted molar refractivity (Wildman–Crippen MR) is 129 cm³/mol. The molecule has 0 bridgehead atoms. The Kier molecular flexibility index (Phi) is 6.98. The van der Waals surface area contributed by atoms with E-state index in [4.69, 9.17) is 0 Å². The number of anilines is 2. The molecule has 2 N–H and O–H groups in total. The van der Waals surface area contributed by atoms with Crippen LogP contribution in [0.15, 0.2) is 77.3 Å². The predicted octanol–water partition coefficient (Wildman–Crippen LogP) is 4.61. The van der Waals surface area contributed by atoms with E-state index >= 15 is 0 Å². The lowest BCUT2D eigenvalue weighted by Gasteiger charge is -2.10. The lowest BCUT2D eigenvalue weighted by Crippen LogP contribution is -2.15. The van der Waals surface area contributed by atoms with E-state index in [9.17, 15) is 9.59 Å². The van der Waals surface area contributed by atoms with Crippen molar-refractivity contribution in [1.82, 2.24) is 14.8 Å². The van der Waals surface area contributed by atoms with Crippen molar-refractivity contribution in [2.24, 2.45) is 0 Å². The van der Waals surface area contributed by atoms with Gasteiger partial charge in [-0.15, -0.1) is 21.5 Å². The number of aromatic nitrogens is 3. The number of nitrogens with zero attached hydrogens (tertiary/aromatic N) is 3. The minimum atomic E-state index is -0.148. The van der Waals surface area contributed by atoms with E-state index in [1.807, 2.05) is 46.3 Å². The average molecular weight is 464 g/mol. The van der Waals surface area contributed by atoms with Gasteiger partial charge in [0.1, 0.15) is 5.82 Å². The SMILES string of the molecule is CC(=O)Nc1ccc(NC(=O)CSc2nnc(Cc3cccs3)n2-c2ccccc2)cc1. The number of thiophene rings is 1. The first-order valence-electron chi connectivity index (χ1n) is 9.91. The molecule has 0 saturated carbocycles. The van der Waals surface area contributed by atoms with Crippen LogP contribution in [0.5, 0.6) is 0 Å². The number of hydrogen-bond acceptors (Lipinski definition) is 6. The first-order valence-corrected chi connectivity index (χ1v) is 11.8. The Morgan fingerprint density at radius 3 is 2.31 bits per heavy atom. The summed E-state index contributed by atoms with van der Waals surface area (Å²) in [6, 6.07) is 21.0. The molecule has 0 unspecified atom stereocenters. The standard InChI is InChI=1S/C23H21N5O2S2/c1-16(29)24-17-9-11-18(12-10-17)25-22(30)15-32-23-27-26-21(14-20-8-5-13-31-20)28(23)19-6-3-2-4-7-19/h2-13H,14-15H2,1H3,(H,24,29)(H,25,30). The van der Waals surface area contributed by atoms with Crippen molar-refractivity contribution in [3.05, 3.63) is 82.8 Å². The van der Waals surface area contributed by atoms with Crippen LogP contribution in [0.3, 0.4) is 0 Å². The van der Waals surface area contributed by atoms with E-state index in [1.54, 1.807) is 35.6 Å². The highest BCUT2D eigenvalue weighted by Gasteiger charge is 2.16. The molecule has 7 nitrogen and oxygen atoms in total. The van der Waals surface area contributed by atoms with E-state index in [0.717, 1.165) is 11.5 Å². The number of para-hydroxylation sites is 1. The van der Waals surface area contributed by atoms with Crippen molar-refractivity contribution in [3.8, 4) is 5.69 Å². The van der Waals surface area contributed by atoms with Gasteiger partial charge in [0.15, 0.2) is 5.16 Å². The third-order valence-electron chi connectivity index (χ3n) is 4.45. The Hall–Kier alpha value is -3.43. The van der Waals surface area contributed by atoms with Crippen LogP contribution in [-0.4, -0.2) is 32.3 Å². The molecule has 4 aromatic rings. The number of hydrogen-bond donors (Lipinski definition) is 2. The van der Waals surface area contributed by atoms with Gasteiger partial charge in [0, 0.05) is 35.3 Å². The Labute approximate surface area is 193 Å². The second kappa shape index (κ2) is 10.3. The minimum Gasteiger partial charge on any atom is -0.326 e. The molecule has 0 saturated heterocycles. The molecule has 2 aromatic carbocycles. The van der Waals surface area contributed by atoms with E-state index in [2.05, 4.69) is 26.9 Å². The van der Waals surface area contributed by atoms with Crippen LogP contribution in [0.2, 0.25) is 0 Å². The molecule has 4 rings (SSSR count). The van der Waals surface area contributed by atoms with Gasteiger partial charge >= 0.3 is 0 Å². The maximum atomic E-state index is 12.5. The number of carbonyl (C=O) groups is 2. The number of rotatable bonds is 8. The van der Waals surface area contributed by atoms with Gasteiger partial charge in [0.2, 0.25) is 11.8 Å². The van der Waals surface area contributed by atoms with Gasteiger partial charge in [-0.3, -0.25) is 14.2 Å². The minimum absolute atomic E-state index is 0.140. The van der Waals surface area contributed by atoms with Crippen LogP contribution in [0.25, 0.3) is 5.69 Å². The topological polar surface area (TPSA) is 88.9 Å². The molecule has 2 amide bonds. The maximum Gasteiger partial charge on any atom is 0.234 e. The van der Waals surface area contributed by atoms with Gasteiger partial charge in [-0.2, -0.15) is 0 Å². The highest BCUT2D eigenvalue weighted by Crippen LogP contribution is 2.25. The largest absolute Gasteiger partial charge is 0.326 e. The molecule has 32 heavy (non-hydrogen) atoms. The Morgan fingerprint density at radius 2 is 1.66 bits per heavy atom. The summed E-state index contributed by atoms with van der Waals surface area (Å²) in [5, 5.41) is 17.0. The fourth-order valence-electron chi connectivity index (χ4n) is 3.08. The van der Waals surface area contributed by atoms with Gasteiger partial charge in [-0.25, -0.2) is 0 Å². The van der Waals surface area contributed by atoms with Crippen LogP contribution in [0.4, 0.5) is 11.4 Å². The second-order valence-corrected chi connectivity index (χ2v) is 8.90. The fraction of sp³-hybridized carbons (Fsp3) is 0.130. The molecule has 0 aliphatic carbocycles. The van der Waals surface area contributed by atoms with Crippen molar-refractivity contribution in [3.63, 3.8) is 0 Å². The zero-order valence-corrected chi connectivity index (χ0v) is 19.0. The third kappa shape index (κ3) is 5.63. The first-order chi connectivity index (χ1) is 15.6. The van der Waals surface area contributed by atoms with E-state index in [1.165, 1.54) is 23.6 Å². The fourth-order valence-corrected chi connectivity index (χ4v) is 4.55. The Bertz CT molecular complexity index is 1190. The molecule has 2 aromatic heterocycles. The summed E-state index contributed by atoms with van der Waals surface area (Å²) in [7, 11) is 0. The van der Waals surface area contributed by atoms with Crippen molar-refractivity contribution in [1.29, 1.82) is 0 Å². The van der Waals surface area contributed by atoms with Crippen molar-refractivity contribution < 1.29 is 9.59 Å². The van der Waals surface area contributed by atoms with E-state index in [-0.39, 0.29) is 17.6 Å². The highest BCUT2D eigenvalue weighted by molar-refractivity contribution is 7.99. The van der Waals surface area contributed by atoms with Crippen LogP contribution < -0.4 is 10.6 Å². The molecule has 0 aliphatic heterocycles. The number of nitrogens with one attached hydrogen (secondary N) is 2. The second-order valence-electron chi connectivity index (χ2n) is 6.92. The smallest absolute Gasteiger partial charge is 0.234 e. The van der Waals surface area contributed by atoms with Gasteiger partial charge in [0.25, 0.3) is 0 Å². The van der Waals surface area contributed by atoms with E-state index < -0.39 is 0 Å². The molecule has 0 atom stereocenters. The summed E-state index contributed by atoms with van der Waals surface area (Å²) in [5.74, 6) is 0.733. The summed E-state index contributed by atoms with van der Waals surface area (Å²) >= 11 is 3.02. The van der Waals surface area contributed by atoms with Crippen LogP contribution in [0.1, 0.15) is 17.6 Å². The normalized spacial score (nSPS) is 10.7. The van der Waals surface area contributed by atoms with Gasteiger partial charge < -0.3 is 10.6 Å². The molecule has 9 heteroatoms. The quantitative estimate of drug-likeness (QED) is 0.373. The number of amides is 2. The summed E-state index contributed by atoms with van der Waals surface area (Å²) < 4.78 is 2.00.